The van der Waals surface area contributed by atoms with Crippen LogP contribution in [0.3, 0.4) is 0 Å². The van der Waals surface area contributed by atoms with Gasteiger partial charge >= 0.3 is 5.97 Å². The summed E-state index contributed by atoms with van der Waals surface area (Å²) in [5.74, 6) is -0.231. The summed E-state index contributed by atoms with van der Waals surface area (Å²) in [6.45, 7) is 4.39. The van der Waals surface area contributed by atoms with Crippen LogP contribution in [0.1, 0.15) is 13.8 Å². The Morgan fingerprint density at radius 2 is 2.17 bits per heavy atom. The maximum absolute atomic E-state index is 10.9. The molecule has 0 amide bonds. The van der Waals surface area contributed by atoms with Gasteiger partial charge in [-0.3, -0.25) is 4.79 Å². The Morgan fingerprint density at radius 3 is 2.67 bits per heavy atom. The van der Waals surface area contributed by atoms with E-state index >= 15 is 0 Å². The average Bonchev–Trinajstić information content (AvgIpc) is 2.03. The van der Waals surface area contributed by atoms with Crippen molar-refractivity contribution < 1.29 is 14.3 Å². The van der Waals surface area contributed by atoms with Crippen molar-refractivity contribution in [2.75, 3.05) is 19.5 Å². The maximum Gasteiger partial charge on any atom is 0.308 e. The number of ether oxygens (including phenoxy) is 2. The highest BCUT2D eigenvalue weighted by molar-refractivity contribution is 7.96. The highest BCUT2D eigenvalue weighted by Crippen LogP contribution is 1.94. The van der Waals surface area contributed by atoms with Gasteiger partial charge in [0, 0.05) is 0 Å². The monoisotopic (exact) mass is 192 g/mol. The number of carbonyl (C=O) groups excluding carboxylic acids is 1. The third-order valence-electron chi connectivity index (χ3n) is 1.10. The third kappa shape index (κ3) is 6.37. The molecule has 0 aromatic carbocycles. The first-order chi connectivity index (χ1) is 5.68. The summed E-state index contributed by atoms with van der Waals surface area (Å²) >= 11 is 1.08. The van der Waals surface area contributed by atoms with E-state index in [1.54, 1.807) is 19.4 Å². The lowest BCUT2D eigenvalue weighted by Crippen LogP contribution is -2.14. The van der Waals surface area contributed by atoms with Crippen LogP contribution in [0.15, 0.2) is 0 Å². The minimum atomic E-state index is -0.173. The molecule has 0 saturated heterocycles. The number of rotatable bonds is 5. The molecular weight excluding hydrogens is 176 g/mol. The van der Waals surface area contributed by atoms with Gasteiger partial charge in [0.15, 0.2) is 0 Å². The van der Waals surface area contributed by atoms with Gasteiger partial charge in [-0.25, -0.2) is 0 Å². The maximum atomic E-state index is 10.9. The van der Waals surface area contributed by atoms with Gasteiger partial charge in [-0.1, -0.05) is 13.8 Å². The van der Waals surface area contributed by atoms with Crippen LogP contribution in [-0.2, 0) is 14.3 Å². The molecule has 0 saturated carbocycles. The molecule has 0 aliphatic rings. The molecule has 0 atom stereocenters. The lowest BCUT2D eigenvalue weighted by atomic mass is 10.2. The van der Waals surface area contributed by atoms with Crippen LogP contribution < -0.4 is 0 Å². The third-order valence-corrected chi connectivity index (χ3v) is 1.46. The second kappa shape index (κ2) is 7.31. The molecule has 0 aliphatic carbocycles. The van der Waals surface area contributed by atoms with Crippen molar-refractivity contribution in [3.05, 3.63) is 0 Å². The van der Waals surface area contributed by atoms with Crippen molar-refractivity contribution >= 4 is 22.9 Å². The Labute approximate surface area is 77.0 Å². The van der Waals surface area contributed by atoms with Crippen molar-refractivity contribution in [2.24, 2.45) is 5.92 Å². The highest BCUT2D eigenvalue weighted by Gasteiger charge is 2.06. The Kier molecular flexibility index (Phi) is 7.09. The van der Waals surface area contributed by atoms with Gasteiger partial charge in [-0.15, -0.1) is 0 Å². The zero-order valence-corrected chi connectivity index (χ0v) is 8.64. The van der Waals surface area contributed by atoms with Crippen LogP contribution in [0.5, 0.6) is 0 Å². The molecule has 3 nitrogen and oxygen atoms in total. The number of esters is 1. The van der Waals surface area contributed by atoms with Crippen molar-refractivity contribution in [3.63, 3.8) is 0 Å². The summed E-state index contributed by atoms with van der Waals surface area (Å²) in [5.41, 5.74) is 1.67. The molecule has 0 rings (SSSR count). The zero-order valence-electron chi connectivity index (χ0n) is 7.74. The molecule has 4 heteroatoms. The largest absolute Gasteiger partial charge is 0.463 e. The van der Waals surface area contributed by atoms with Gasteiger partial charge in [0.2, 0.25) is 0 Å². The minimum absolute atomic E-state index is 0.0571. The summed E-state index contributed by atoms with van der Waals surface area (Å²) in [6, 6.07) is 0. The second-order valence-electron chi connectivity index (χ2n) is 2.56. The summed E-state index contributed by atoms with van der Waals surface area (Å²) in [7, 11) is 0. The van der Waals surface area contributed by atoms with Crippen LogP contribution in [-0.4, -0.2) is 31.0 Å². The summed E-state index contributed by atoms with van der Waals surface area (Å²) in [6.07, 6.45) is 1.96. The van der Waals surface area contributed by atoms with Crippen molar-refractivity contribution in [3.8, 4) is 0 Å². The molecule has 0 aliphatic heterocycles. The van der Waals surface area contributed by atoms with E-state index in [2.05, 4.69) is 0 Å². The van der Waals surface area contributed by atoms with Gasteiger partial charge in [-0.05, 0) is 6.26 Å². The minimum Gasteiger partial charge on any atom is -0.463 e. The van der Waals surface area contributed by atoms with E-state index in [4.69, 9.17) is 9.47 Å². The first-order valence-corrected chi connectivity index (χ1v) is 5.28. The Hall–Kier alpha value is -0.350. The lowest BCUT2D eigenvalue weighted by molar-refractivity contribution is -0.148. The van der Waals surface area contributed by atoms with Gasteiger partial charge in [0.25, 0.3) is 0 Å². The predicted molar refractivity (Wildman–Crippen MR) is 52.7 cm³/mol. The number of hydrogen-bond donors (Lipinski definition) is 1. The number of thiol groups is 1. The Bertz CT molecular complexity index is 154. The fraction of sp³-hybridized carbons (Fsp3) is 0.750. The number of hydrogen-bond acceptors (Lipinski definition) is 3. The molecule has 0 unspecified atom stereocenters. The van der Waals surface area contributed by atoms with Gasteiger partial charge in [-0.2, -0.15) is 11.4 Å². The SMILES string of the molecule is C[SH]=COCCOC(=O)C(C)C. The van der Waals surface area contributed by atoms with E-state index < -0.39 is 0 Å². The molecule has 0 N–H and O–H groups in total. The highest BCUT2D eigenvalue weighted by atomic mass is 32.1. The molecule has 12 heavy (non-hydrogen) atoms. The van der Waals surface area contributed by atoms with Crippen LogP contribution in [0.2, 0.25) is 0 Å². The zero-order chi connectivity index (χ0) is 9.40. The van der Waals surface area contributed by atoms with E-state index in [9.17, 15) is 4.79 Å². The predicted octanol–water partition coefficient (Wildman–Crippen LogP) is 1.06. The van der Waals surface area contributed by atoms with Crippen molar-refractivity contribution in [1.82, 2.24) is 0 Å². The normalized spacial score (nSPS) is 11.7. The van der Waals surface area contributed by atoms with Gasteiger partial charge in [0.1, 0.15) is 6.61 Å². The fourth-order valence-electron chi connectivity index (χ4n) is 0.484. The first-order valence-electron chi connectivity index (χ1n) is 3.87. The summed E-state index contributed by atoms with van der Waals surface area (Å²) in [5, 5.41) is 0. The molecular formula is C8H16O3S. The van der Waals surface area contributed by atoms with Crippen LogP contribution in [0.4, 0.5) is 0 Å². The standard InChI is InChI=1S/C8H16O3S/c1-7(2)8(9)11-5-4-10-6-12-3/h6-7,12H,4-5H2,1-3H3. The molecule has 0 heterocycles. The van der Waals surface area contributed by atoms with E-state index in [0.717, 1.165) is 11.4 Å². The average molecular weight is 192 g/mol. The van der Waals surface area contributed by atoms with E-state index in [1.807, 2.05) is 6.26 Å². The molecule has 0 radical (unpaired) electrons. The molecule has 0 spiro atoms. The van der Waals surface area contributed by atoms with E-state index in [0.29, 0.717) is 13.2 Å². The quantitative estimate of drug-likeness (QED) is 0.306. The van der Waals surface area contributed by atoms with Crippen LogP contribution in [0, 0.1) is 5.92 Å². The lowest BCUT2D eigenvalue weighted by Gasteiger charge is -2.05. The first kappa shape index (κ1) is 11.6. The number of carbonyl (C=O) groups is 1. The molecule has 0 bridgehead atoms. The van der Waals surface area contributed by atoms with Crippen molar-refractivity contribution in [1.29, 1.82) is 0 Å². The summed E-state index contributed by atoms with van der Waals surface area (Å²) in [4.78, 5) is 10.9. The fourth-order valence-corrected chi connectivity index (χ4v) is 0.739. The second-order valence-corrected chi connectivity index (χ2v) is 3.28. The van der Waals surface area contributed by atoms with Crippen LogP contribution >= 0.6 is 11.4 Å². The Balaban J connectivity index is 3.26. The van der Waals surface area contributed by atoms with Gasteiger partial charge < -0.3 is 9.47 Å². The van der Waals surface area contributed by atoms with Gasteiger partial charge in [0.05, 0.1) is 18.1 Å². The van der Waals surface area contributed by atoms with E-state index in [1.165, 1.54) is 0 Å². The molecule has 0 aromatic rings. The molecule has 72 valence electrons. The van der Waals surface area contributed by atoms with Crippen molar-refractivity contribution in [2.45, 2.75) is 13.8 Å². The topological polar surface area (TPSA) is 35.5 Å². The molecule has 0 fully saturated rings. The van der Waals surface area contributed by atoms with E-state index in [-0.39, 0.29) is 11.9 Å². The Morgan fingerprint density at radius 1 is 1.50 bits per heavy atom. The van der Waals surface area contributed by atoms with Crippen LogP contribution in [0.25, 0.3) is 0 Å². The summed E-state index contributed by atoms with van der Waals surface area (Å²) < 4.78 is 9.86. The smallest absolute Gasteiger partial charge is 0.308 e. The molecule has 0 aromatic heterocycles.